The second-order valence-corrected chi connectivity index (χ2v) is 5.17. The molecule has 2 aromatic rings. The summed E-state index contributed by atoms with van der Waals surface area (Å²) in [5.74, 6) is -7.17. The van der Waals surface area contributed by atoms with Crippen molar-refractivity contribution in [2.75, 3.05) is 5.73 Å². The molecular weight excluding hydrogens is 334 g/mol. The van der Waals surface area contributed by atoms with Gasteiger partial charge in [0.15, 0.2) is 5.13 Å². The number of ketones is 1. The quantitative estimate of drug-likeness (QED) is 0.684. The highest BCUT2D eigenvalue weighted by Crippen LogP contribution is 2.46. The molecule has 1 aromatic carbocycles. The van der Waals surface area contributed by atoms with Crippen LogP contribution in [-0.4, -0.2) is 16.9 Å². The van der Waals surface area contributed by atoms with Crippen LogP contribution < -0.4 is 5.73 Å². The Morgan fingerprint density at radius 2 is 1.64 bits per heavy atom. The third-order valence-electron chi connectivity index (χ3n) is 2.61. The lowest BCUT2D eigenvalue weighted by Crippen LogP contribution is -2.35. The van der Waals surface area contributed by atoms with Crippen molar-refractivity contribution in [3.05, 3.63) is 46.2 Å². The van der Waals surface area contributed by atoms with E-state index >= 15 is 0 Å². The molecule has 0 bridgehead atoms. The van der Waals surface area contributed by atoms with E-state index in [2.05, 4.69) is 4.98 Å². The predicted octanol–water partition coefficient (Wildman–Crippen LogP) is 3.75. The van der Waals surface area contributed by atoms with Gasteiger partial charge in [-0.15, -0.1) is 0 Å². The fourth-order valence-corrected chi connectivity index (χ4v) is 2.40. The van der Waals surface area contributed by atoms with Crippen molar-refractivity contribution >= 4 is 22.3 Å². The molecule has 22 heavy (non-hydrogen) atoms. The van der Waals surface area contributed by atoms with Gasteiger partial charge in [-0.3, -0.25) is 4.79 Å². The monoisotopic (exact) mass is 340 g/mol. The average Bonchev–Trinajstić information content (AvgIpc) is 2.80. The summed E-state index contributed by atoms with van der Waals surface area (Å²) in [6.07, 6.45) is -5.93. The van der Waals surface area contributed by atoms with Gasteiger partial charge >= 0.3 is 12.1 Å². The van der Waals surface area contributed by atoms with Crippen molar-refractivity contribution in [1.82, 2.24) is 4.98 Å². The van der Waals surface area contributed by atoms with Crippen molar-refractivity contribution < 1.29 is 31.1 Å². The van der Waals surface area contributed by atoms with Crippen LogP contribution in [-0.2, 0) is 5.92 Å². The van der Waals surface area contributed by atoms with Crippen LogP contribution in [0.4, 0.5) is 31.5 Å². The summed E-state index contributed by atoms with van der Waals surface area (Å²) >= 11 is 0.208. The van der Waals surface area contributed by atoms with Gasteiger partial charge in [0.25, 0.3) is 0 Å². The van der Waals surface area contributed by atoms with Crippen molar-refractivity contribution in [3.63, 3.8) is 0 Å². The molecule has 10 heteroatoms. The van der Waals surface area contributed by atoms with E-state index in [4.69, 9.17) is 5.73 Å². The van der Waals surface area contributed by atoms with E-state index in [0.29, 0.717) is 0 Å². The number of hydrogen-bond donors (Lipinski definition) is 1. The summed E-state index contributed by atoms with van der Waals surface area (Å²) in [4.78, 5) is 14.1. The van der Waals surface area contributed by atoms with Crippen LogP contribution in [0.2, 0.25) is 0 Å². The molecule has 0 aliphatic heterocycles. The summed E-state index contributed by atoms with van der Waals surface area (Å²) in [5.41, 5.74) is 3.14. The van der Waals surface area contributed by atoms with Gasteiger partial charge in [-0.05, 0) is 24.3 Å². The Morgan fingerprint density at radius 3 is 2.14 bits per heavy atom. The minimum atomic E-state index is -5.93. The number of alkyl halides is 5. The summed E-state index contributed by atoms with van der Waals surface area (Å²) < 4.78 is 76.9. The zero-order chi connectivity index (χ0) is 16.7. The second kappa shape index (κ2) is 5.27. The molecule has 0 unspecified atom stereocenters. The lowest BCUT2D eigenvalue weighted by atomic mass is 10.1. The van der Waals surface area contributed by atoms with Crippen molar-refractivity contribution in [2.24, 2.45) is 0 Å². The van der Waals surface area contributed by atoms with E-state index in [1.54, 1.807) is 0 Å². The molecule has 118 valence electrons. The lowest BCUT2D eigenvalue weighted by Gasteiger charge is -2.18. The Morgan fingerprint density at radius 1 is 1.09 bits per heavy atom. The van der Waals surface area contributed by atoms with Gasteiger partial charge in [0.2, 0.25) is 5.78 Å². The molecule has 0 saturated carbocycles. The van der Waals surface area contributed by atoms with Crippen LogP contribution in [0.1, 0.15) is 20.9 Å². The number of carbonyl (C=O) groups excluding carboxylic acids is 1. The first-order chi connectivity index (χ1) is 10.0. The van der Waals surface area contributed by atoms with E-state index in [9.17, 15) is 31.1 Å². The maximum atomic E-state index is 13.4. The first-order valence-corrected chi connectivity index (χ1v) is 6.37. The molecule has 0 saturated heterocycles. The highest BCUT2D eigenvalue weighted by atomic mass is 32.1. The number of hydrogen-bond acceptors (Lipinski definition) is 4. The van der Waals surface area contributed by atoms with Gasteiger partial charge in [0.05, 0.1) is 0 Å². The minimum absolute atomic E-state index is 0.208. The number of rotatable bonds is 3. The maximum Gasteiger partial charge on any atom is 0.459 e. The summed E-state index contributed by atoms with van der Waals surface area (Å²) in [5, 5.41) is -0.607. The highest BCUT2D eigenvalue weighted by molar-refractivity contribution is 7.17. The van der Waals surface area contributed by atoms with Gasteiger partial charge in [-0.2, -0.15) is 22.0 Å². The number of halogens is 6. The van der Waals surface area contributed by atoms with E-state index in [1.807, 2.05) is 0 Å². The standard InChI is InChI=1S/C12H6F6N2OS/c13-6-3-1-5(2-4-6)7(21)8-9(20-10(19)22-8)11(14,15)12(16,17)18/h1-4H,(H2,19,20). The SMILES string of the molecule is Nc1nc(C(F)(F)C(F)(F)F)c(C(=O)c2ccc(F)cc2)s1. The highest BCUT2D eigenvalue weighted by Gasteiger charge is 2.61. The molecule has 0 amide bonds. The number of anilines is 1. The molecule has 0 fully saturated rings. The maximum absolute atomic E-state index is 13.4. The molecule has 1 aromatic heterocycles. The first kappa shape index (κ1) is 16.3. The molecular formula is C12H6F6N2OS. The van der Waals surface area contributed by atoms with Crippen LogP contribution in [0.3, 0.4) is 0 Å². The van der Waals surface area contributed by atoms with E-state index in [1.165, 1.54) is 0 Å². The molecule has 0 aliphatic rings. The van der Waals surface area contributed by atoms with E-state index < -0.39 is 39.4 Å². The van der Waals surface area contributed by atoms with Crippen LogP contribution in [0.5, 0.6) is 0 Å². The molecule has 2 N–H and O–H groups in total. The zero-order valence-electron chi connectivity index (χ0n) is 10.4. The fourth-order valence-electron chi connectivity index (χ4n) is 1.57. The molecule has 0 aliphatic carbocycles. The van der Waals surface area contributed by atoms with Gasteiger partial charge < -0.3 is 5.73 Å². The molecule has 3 nitrogen and oxygen atoms in total. The topological polar surface area (TPSA) is 56.0 Å². The predicted molar refractivity (Wildman–Crippen MR) is 66.3 cm³/mol. The Kier molecular flexibility index (Phi) is 3.90. The van der Waals surface area contributed by atoms with Crippen molar-refractivity contribution in [1.29, 1.82) is 0 Å². The average molecular weight is 340 g/mol. The largest absolute Gasteiger partial charge is 0.459 e. The lowest BCUT2D eigenvalue weighted by molar-refractivity contribution is -0.290. The first-order valence-electron chi connectivity index (χ1n) is 5.55. The van der Waals surface area contributed by atoms with E-state index in [-0.39, 0.29) is 16.9 Å². The van der Waals surface area contributed by atoms with Crippen LogP contribution >= 0.6 is 11.3 Å². The number of aromatic nitrogens is 1. The molecule has 2 rings (SSSR count). The summed E-state index contributed by atoms with van der Waals surface area (Å²) in [6, 6.07) is 3.67. The minimum Gasteiger partial charge on any atom is -0.375 e. The van der Waals surface area contributed by atoms with Gasteiger partial charge in [-0.25, -0.2) is 9.37 Å². The van der Waals surface area contributed by atoms with Crippen LogP contribution in [0.25, 0.3) is 0 Å². The number of thiazole rings is 1. The van der Waals surface area contributed by atoms with Gasteiger partial charge in [0.1, 0.15) is 16.4 Å². The molecule has 1 heterocycles. The van der Waals surface area contributed by atoms with Crippen LogP contribution in [0.15, 0.2) is 24.3 Å². The number of benzene rings is 1. The van der Waals surface area contributed by atoms with Gasteiger partial charge in [-0.1, -0.05) is 11.3 Å². The smallest absolute Gasteiger partial charge is 0.375 e. The number of nitrogens with zero attached hydrogens (tertiary/aromatic N) is 1. The molecule has 0 atom stereocenters. The second-order valence-electron chi connectivity index (χ2n) is 4.14. The number of nitrogens with two attached hydrogens (primary N) is 1. The fraction of sp³-hybridized carbons (Fsp3) is 0.167. The number of carbonyl (C=O) groups is 1. The Labute approximate surface area is 123 Å². The molecule has 0 radical (unpaired) electrons. The van der Waals surface area contributed by atoms with Crippen LogP contribution in [0, 0.1) is 5.82 Å². The zero-order valence-corrected chi connectivity index (χ0v) is 11.2. The normalized spacial score (nSPS) is 12.5. The van der Waals surface area contributed by atoms with Crippen molar-refractivity contribution in [3.8, 4) is 0 Å². The van der Waals surface area contributed by atoms with Gasteiger partial charge in [0, 0.05) is 5.56 Å². The van der Waals surface area contributed by atoms with E-state index in [0.717, 1.165) is 24.3 Å². The molecule has 0 spiro atoms. The third kappa shape index (κ3) is 2.78. The number of nitrogen functional groups attached to an aromatic ring is 1. The van der Waals surface area contributed by atoms with Crippen molar-refractivity contribution in [2.45, 2.75) is 12.1 Å². The Balaban J connectivity index is 2.53. The summed E-state index contributed by atoms with van der Waals surface area (Å²) in [6.45, 7) is 0. The summed E-state index contributed by atoms with van der Waals surface area (Å²) in [7, 11) is 0. The third-order valence-corrected chi connectivity index (χ3v) is 3.49. The Bertz CT molecular complexity index is 707. The Hall–Kier alpha value is -2.10.